The maximum atomic E-state index is 12.8. The number of benzene rings is 3. The van der Waals surface area contributed by atoms with Gasteiger partial charge in [0.15, 0.2) is 11.5 Å². The zero-order chi connectivity index (χ0) is 24.0. The Hall–Kier alpha value is -3.75. The van der Waals surface area contributed by atoms with Crippen molar-refractivity contribution in [3.05, 3.63) is 93.0 Å². The Balaban J connectivity index is 1.78. The smallest absolute Gasteiger partial charge is 0.266 e. The quantitative estimate of drug-likeness (QED) is 0.327. The molecule has 3 aromatic carbocycles. The molecule has 1 N–H and O–H groups in total. The van der Waals surface area contributed by atoms with Crippen LogP contribution in [0.2, 0.25) is 5.02 Å². The van der Waals surface area contributed by atoms with Crippen molar-refractivity contribution in [1.29, 1.82) is 5.26 Å². The largest absolute Gasteiger partial charge is 0.493 e. The van der Waals surface area contributed by atoms with Gasteiger partial charge in [-0.3, -0.25) is 4.79 Å². The van der Waals surface area contributed by atoms with E-state index in [9.17, 15) is 10.1 Å². The average molecular weight is 461 g/mol. The van der Waals surface area contributed by atoms with E-state index < -0.39 is 5.91 Å². The highest BCUT2D eigenvalue weighted by Gasteiger charge is 2.14. The summed E-state index contributed by atoms with van der Waals surface area (Å²) in [5, 5.41) is 13.1. The Bertz CT molecular complexity index is 1220. The Kier molecular flexibility index (Phi) is 7.76. The average Bonchev–Trinajstić information content (AvgIpc) is 2.79. The first-order chi connectivity index (χ1) is 15.8. The van der Waals surface area contributed by atoms with Gasteiger partial charge in [-0.1, -0.05) is 47.5 Å². The number of carbonyl (C=O) groups is 1. The maximum absolute atomic E-state index is 12.8. The van der Waals surface area contributed by atoms with E-state index >= 15 is 0 Å². The highest BCUT2D eigenvalue weighted by molar-refractivity contribution is 6.30. The number of hydrogen-bond acceptors (Lipinski definition) is 4. The lowest BCUT2D eigenvalue weighted by molar-refractivity contribution is -0.112. The molecule has 0 atom stereocenters. The monoisotopic (exact) mass is 460 g/mol. The Labute approximate surface area is 199 Å². The molecule has 0 unspecified atom stereocenters. The Morgan fingerprint density at radius 2 is 1.70 bits per heavy atom. The van der Waals surface area contributed by atoms with E-state index in [4.69, 9.17) is 21.1 Å². The SMILES string of the molecule is COc1cc(C=C(C#N)C(=O)Nc2c(C)cc(C)cc2C)ccc1OCc1ccc(Cl)cc1. The van der Waals surface area contributed by atoms with E-state index in [1.165, 1.54) is 6.08 Å². The molecule has 0 aromatic heterocycles. The van der Waals surface area contributed by atoms with Gasteiger partial charge in [0.2, 0.25) is 0 Å². The number of carbonyl (C=O) groups excluding carboxylic acids is 1. The third-order valence-electron chi connectivity index (χ3n) is 5.09. The molecule has 0 heterocycles. The van der Waals surface area contributed by atoms with Gasteiger partial charge < -0.3 is 14.8 Å². The molecular formula is C27H25ClN2O3. The lowest BCUT2D eigenvalue weighted by atomic mass is 10.0. The van der Waals surface area contributed by atoms with E-state index in [-0.39, 0.29) is 5.57 Å². The minimum absolute atomic E-state index is 0.00809. The highest BCUT2D eigenvalue weighted by Crippen LogP contribution is 2.30. The summed E-state index contributed by atoms with van der Waals surface area (Å²) >= 11 is 5.92. The Morgan fingerprint density at radius 3 is 2.30 bits per heavy atom. The summed E-state index contributed by atoms with van der Waals surface area (Å²) in [6, 6.07) is 18.6. The van der Waals surface area contributed by atoms with Gasteiger partial charge in [0.25, 0.3) is 5.91 Å². The minimum atomic E-state index is -0.463. The van der Waals surface area contributed by atoms with E-state index in [1.54, 1.807) is 37.4 Å². The van der Waals surface area contributed by atoms with Crippen molar-refractivity contribution in [3.63, 3.8) is 0 Å². The fourth-order valence-corrected chi connectivity index (χ4v) is 3.63. The van der Waals surface area contributed by atoms with Gasteiger partial charge in [-0.05, 0) is 73.4 Å². The summed E-state index contributed by atoms with van der Waals surface area (Å²) in [7, 11) is 1.54. The number of nitriles is 1. The fourth-order valence-electron chi connectivity index (χ4n) is 3.51. The normalized spacial score (nSPS) is 11.0. The highest BCUT2D eigenvalue weighted by atomic mass is 35.5. The molecule has 1 amide bonds. The number of nitrogens with zero attached hydrogens (tertiary/aromatic N) is 1. The van der Waals surface area contributed by atoms with Crippen molar-refractivity contribution in [2.45, 2.75) is 27.4 Å². The van der Waals surface area contributed by atoms with Crippen molar-refractivity contribution in [1.82, 2.24) is 0 Å². The van der Waals surface area contributed by atoms with E-state index in [2.05, 4.69) is 5.32 Å². The lowest BCUT2D eigenvalue weighted by Crippen LogP contribution is -2.15. The first kappa shape index (κ1) is 23.9. The van der Waals surface area contributed by atoms with Crippen LogP contribution in [-0.2, 0) is 11.4 Å². The summed E-state index contributed by atoms with van der Waals surface area (Å²) in [6.45, 7) is 6.21. The van der Waals surface area contributed by atoms with Crippen LogP contribution in [0.15, 0.2) is 60.2 Å². The van der Waals surface area contributed by atoms with Crippen LogP contribution in [0.5, 0.6) is 11.5 Å². The first-order valence-electron chi connectivity index (χ1n) is 10.4. The summed E-state index contributed by atoms with van der Waals surface area (Å²) in [5.41, 5.74) is 5.33. The van der Waals surface area contributed by atoms with Crippen LogP contribution < -0.4 is 14.8 Å². The van der Waals surface area contributed by atoms with Gasteiger partial charge in [0.05, 0.1) is 7.11 Å². The van der Waals surface area contributed by atoms with Crippen molar-refractivity contribution in [2.75, 3.05) is 12.4 Å². The van der Waals surface area contributed by atoms with Crippen LogP contribution >= 0.6 is 11.6 Å². The molecular weight excluding hydrogens is 436 g/mol. The van der Waals surface area contributed by atoms with E-state index in [1.807, 2.05) is 51.1 Å². The Morgan fingerprint density at radius 1 is 1.03 bits per heavy atom. The van der Waals surface area contributed by atoms with Crippen LogP contribution in [0.3, 0.4) is 0 Å². The third-order valence-corrected chi connectivity index (χ3v) is 5.34. The molecule has 168 valence electrons. The zero-order valence-corrected chi connectivity index (χ0v) is 19.8. The van der Waals surface area contributed by atoms with Crippen molar-refractivity contribution >= 4 is 29.3 Å². The molecule has 5 nitrogen and oxygen atoms in total. The van der Waals surface area contributed by atoms with Gasteiger partial charge >= 0.3 is 0 Å². The number of amides is 1. The predicted octanol–water partition coefficient (Wildman–Crippen LogP) is 6.40. The van der Waals surface area contributed by atoms with Gasteiger partial charge in [0.1, 0.15) is 18.2 Å². The van der Waals surface area contributed by atoms with Crippen LogP contribution in [0.25, 0.3) is 6.08 Å². The number of ether oxygens (including phenoxy) is 2. The van der Waals surface area contributed by atoms with E-state index in [0.29, 0.717) is 28.7 Å². The second-order valence-corrected chi connectivity index (χ2v) is 8.16. The second kappa shape index (κ2) is 10.7. The van der Waals surface area contributed by atoms with Crippen LogP contribution in [0.1, 0.15) is 27.8 Å². The molecule has 3 rings (SSSR count). The summed E-state index contributed by atoms with van der Waals surface area (Å²) in [6.07, 6.45) is 1.53. The topological polar surface area (TPSA) is 71.3 Å². The molecule has 3 aromatic rings. The predicted molar refractivity (Wildman–Crippen MR) is 132 cm³/mol. The summed E-state index contributed by atoms with van der Waals surface area (Å²) in [4.78, 5) is 12.8. The number of hydrogen-bond donors (Lipinski definition) is 1. The molecule has 0 bridgehead atoms. The van der Waals surface area contributed by atoms with Crippen LogP contribution in [0.4, 0.5) is 5.69 Å². The number of nitrogens with one attached hydrogen (secondary N) is 1. The molecule has 0 aliphatic rings. The molecule has 6 heteroatoms. The van der Waals surface area contributed by atoms with E-state index in [0.717, 1.165) is 27.9 Å². The summed E-state index contributed by atoms with van der Waals surface area (Å²) < 4.78 is 11.3. The van der Waals surface area contributed by atoms with Gasteiger partial charge in [-0.15, -0.1) is 0 Å². The van der Waals surface area contributed by atoms with Crippen LogP contribution in [0, 0.1) is 32.1 Å². The molecule has 0 saturated heterocycles. The van der Waals surface area contributed by atoms with Crippen molar-refractivity contribution in [2.24, 2.45) is 0 Å². The molecule has 0 aliphatic heterocycles. The zero-order valence-electron chi connectivity index (χ0n) is 19.0. The van der Waals surface area contributed by atoms with Crippen molar-refractivity contribution < 1.29 is 14.3 Å². The standard InChI is InChI=1S/C27H25ClN2O3/c1-17-11-18(2)26(19(3)12-17)30-27(31)22(15-29)13-21-7-10-24(25(14-21)32-4)33-16-20-5-8-23(28)9-6-20/h5-14H,16H2,1-4H3,(H,30,31). The number of rotatable bonds is 7. The molecule has 0 radical (unpaired) electrons. The number of aryl methyl sites for hydroxylation is 3. The second-order valence-electron chi connectivity index (χ2n) is 7.72. The summed E-state index contributed by atoms with van der Waals surface area (Å²) in [5.74, 6) is 0.591. The minimum Gasteiger partial charge on any atom is -0.493 e. The molecule has 33 heavy (non-hydrogen) atoms. The van der Waals surface area contributed by atoms with Gasteiger partial charge in [-0.2, -0.15) is 5.26 Å². The van der Waals surface area contributed by atoms with Gasteiger partial charge in [-0.25, -0.2) is 0 Å². The number of halogens is 1. The lowest BCUT2D eigenvalue weighted by Gasteiger charge is -2.13. The maximum Gasteiger partial charge on any atom is 0.266 e. The van der Waals surface area contributed by atoms with Crippen molar-refractivity contribution in [3.8, 4) is 17.6 Å². The number of methoxy groups -OCH3 is 1. The number of anilines is 1. The molecule has 0 saturated carbocycles. The molecule has 0 aliphatic carbocycles. The first-order valence-corrected chi connectivity index (χ1v) is 10.7. The molecule has 0 fully saturated rings. The van der Waals surface area contributed by atoms with Gasteiger partial charge in [0, 0.05) is 10.7 Å². The molecule has 0 spiro atoms. The van der Waals surface area contributed by atoms with Crippen LogP contribution in [-0.4, -0.2) is 13.0 Å². The third kappa shape index (κ3) is 6.15. The fraction of sp³-hybridized carbons (Fsp3) is 0.185.